The monoisotopic (exact) mass is 374 g/mol. The third-order valence-corrected chi connectivity index (χ3v) is 4.06. The van der Waals surface area contributed by atoms with Gasteiger partial charge in [0.15, 0.2) is 0 Å². The second-order valence-corrected chi connectivity index (χ2v) is 6.00. The lowest BCUT2D eigenvalue weighted by molar-refractivity contribution is 0.200. The van der Waals surface area contributed by atoms with Crippen LogP contribution in [0.15, 0.2) is 54.0 Å². The maximum absolute atomic E-state index is 9.11. The molecule has 26 heavy (non-hydrogen) atoms. The summed E-state index contributed by atoms with van der Waals surface area (Å²) in [6.45, 7) is 4.61. The molecule has 1 heterocycles. The number of hydrogen-bond donors (Lipinski definition) is 2. The third-order valence-electron chi connectivity index (χ3n) is 3.67. The summed E-state index contributed by atoms with van der Waals surface area (Å²) in [6, 6.07) is 9.44. The number of rotatable bonds is 9. The Hall–Kier alpha value is -2.44. The molecule has 2 rings (SSSR count). The summed E-state index contributed by atoms with van der Waals surface area (Å²) in [5.41, 5.74) is 2.14. The number of aromatic nitrogens is 2. The number of benzene rings is 1. The second kappa shape index (κ2) is 10.5. The molecule has 2 aromatic rings. The number of hydrogen-bond acceptors (Lipinski definition) is 6. The molecule has 7 heteroatoms. The van der Waals surface area contributed by atoms with Crippen LogP contribution >= 0.6 is 11.6 Å². The Balaban J connectivity index is 1.80. The zero-order chi connectivity index (χ0) is 18.8. The van der Waals surface area contributed by atoms with Crippen molar-refractivity contribution in [3.8, 4) is 0 Å². The summed E-state index contributed by atoms with van der Waals surface area (Å²) in [5.74, 6) is 0.621. The smallest absolute Gasteiger partial charge is 0.148 e. The molecule has 0 aliphatic heterocycles. The summed E-state index contributed by atoms with van der Waals surface area (Å²) >= 11 is 6.27. The molecule has 0 radical (unpaired) electrons. The van der Waals surface area contributed by atoms with Gasteiger partial charge in [-0.1, -0.05) is 66.2 Å². The number of nitrogens with one attached hydrogen (secondary N) is 1. The molecule has 0 amide bonds. The van der Waals surface area contributed by atoms with Gasteiger partial charge in [0.1, 0.15) is 22.9 Å². The average Bonchev–Trinajstić information content (AvgIpc) is 2.67. The molecular formula is C19H23ClN4O2. The summed E-state index contributed by atoms with van der Waals surface area (Å²) in [7, 11) is 0. The average molecular weight is 375 g/mol. The third kappa shape index (κ3) is 5.82. The first-order chi connectivity index (χ1) is 12.7. The molecule has 1 aromatic heterocycles. The lowest BCUT2D eigenvalue weighted by atomic mass is 10.1. The molecule has 0 aliphatic carbocycles. The van der Waals surface area contributed by atoms with Crippen LogP contribution in [0.1, 0.15) is 25.1 Å². The molecule has 2 N–H and O–H groups in total. The van der Waals surface area contributed by atoms with Crippen molar-refractivity contribution in [2.75, 3.05) is 18.5 Å². The van der Waals surface area contributed by atoms with Crippen molar-refractivity contribution in [1.29, 1.82) is 0 Å². The van der Waals surface area contributed by atoms with Crippen LogP contribution in [-0.2, 0) is 11.2 Å². The molecule has 0 saturated heterocycles. The quantitative estimate of drug-likeness (QED) is 0.228. The van der Waals surface area contributed by atoms with E-state index in [-0.39, 0.29) is 12.6 Å². The number of nitrogens with zero attached hydrogens (tertiary/aromatic N) is 3. The van der Waals surface area contributed by atoms with Crippen molar-refractivity contribution < 1.29 is 9.94 Å². The zero-order valence-electron chi connectivity index (χ0n) is 14.9. The molecule has 1 atom stereocenters. The number of anilines is 1. The van der Waals surface area contributed by atoms with Crippen molar-refractivity contribution in [3.63, 3.8) is 0 Å². The summed E-state index contributed by atoms with van der Waals surface area (Å²) < 4.78 is 5.54. The fourth-order valence-electron chi connectivity index (χ4n) is 2.30. The van der Waals surface area contributed by atoms with E-state index in [9.17, 15) is 0 Å². The normalized spacial score (nSPS) is 13.1. The Labute approximate surface area is 158 Å². The predicted molar refractivity (Wildman–Crippen MR) is 104 cm³/mol. The molecule has 0 bridgehead atoms. The van der Waals surface area contributed by atoms with E-state index in [1.165, 1.54) is 6.33 Å². The van der Waals surface area contributed by atoms with Crippen LogP contribution in [0.5, 0.6) is 0 Å². The Morgan fingerprint density at radius 1 is 1.35 bits per heavy atom. The largest absolute Gasteiger partial charge is 0.411 e. The van der Waals surface area contributed by atoms with E-state index in [0.29, 0.717) is 23.2 Å². The number of oxime groups is 1. The summed E-state index contributed by atoms with van der Waals surface area (Å²) in [4.78, 5) is 8.32. The maximum atomic E-state index is 9.11. The van der Waals surface area contributed by atoms with Gasteiger partial charge in [-0.2, -0.15) is 0 Å². The van der Waals surface area contributed by atoms with Gasteiger partial charge in [0, 0.05) is 11.6 Å². The molecular weight excluding hydrogens is 352 g/mol. The van der Waals surface area contributed by atoms with Gasteiger partial charge in [-0.15, -0.1) is 0 Å². The maximum Gasteiger partial charge on any atom is 0.148 e. The highest BCUT2D eigenvalue weighted by Crippen LogP contribution is 2.22. The summed E-state index contributed by atoms with van der Waals surface area (Å²) in [5, 5.41) is 16.2. The van der Waals surface area contributed by atoms with E-state index < -0.39 is 0 Å². The minimum absolute atomic E-state index is 0.0239. The van der Waals surface area contributed by atoms with Crippen LogP contribution in [0, 0.1) is 0 Å². The SMILES string of the molecule is CCc1ncnc(NC(C)/C=C/COC/C(=N\O)c2ccccc2)c1Cl. The number of aryl methyl sites for hydroxylation is 1. The Kier molecular flexibility index (Phi) is 8.05. The van der Waals surface area contributed by atoms with Crippen molar-refractivity contribution in [3.05, 3.63) is 65.1 Å². The first-order valence-electron chi connectivity index (χ1n) is 8.42. The molecule has 1 aromatic carbocycles. The Morgan fingerprint density at radius 2 is 2.12 bits per heavy atom. The Morgan fingerprint density at radius 3 is 2.81 bits per heavy atom. The molecule has 0 spiro atoms. The highest BCUT2D eigenvalue weighted by molar-refractivity contribution is 6.33. The molecule has 1 unspecified atom stereocenters. The van der Waals surface area contributed by atoms with Crippen molar-refractivity contribution in [1.82, 2.24) is 9.97 Å². The molecule has 6 nitrogen and oxygen atoms in total. The fourth-order valence-corrected chi connectivity index (χ4v) is 2.59. The molecule has 0 saturated carbocycles. The standard InChI is InChI=1S/C19H23ClN4O2/c1-3-16-18(20)19(22-13-21-16)23-14(2)8-7-11-26-12-17(24-25)15-9-5-4-6-10-15/h4-10,13-14,25H,3,11-12H2,1-2H3,(H,21,22,23)/b8-7+,24-17+. The second-order valence-electron chi connectivity index (χ2n) is 5.63. The van der Waals surface area contributed by atoms with Gasteiger partial charge in [0.05, 0.1) is 18.9 Å². The highest BCUT2D eigenvalue weighted by Gasteiger charge is 2.09. The van der Waals surface area contributed by atoms with Crippen LogP contribution in [0.3, 0.4) is 0 Å². The van der Waals surface area contributed by atoms with Crippen LogP contribution < -0.4 is 5.32 Å². The topological polar surface area (TPSA) is 79.6 Å². The minimum atomic E-state index is 0.0239. The number of ether oxygens (including phenoxy) is 1. The van der Waals surface area contributed by atoms with Crippen molar-refractivity contribution in [2.24, 2.45) is 5.16 Å². The first-order valence-corrected chi connectivity index (χ1v) is 8.80. The van der Waals surface area contributed by atoms with E-state index >= 15 is 0 Å². The van der Waals surface area contributed by atoms with Gasteiger partial charge < -0.3 is 15.3 Å². The first kappa shape index (κ1) is 19.9. The van der Waals surface area contributed by atoms with Gasteiger partial charge in [-0.05, 0) is 13.3 Å². The van der Waals surface area contributed by atoms with Gasteiger partial charge in [-0.3, -0.25) is 0 Å². The van der Waals surface area contributed by atoms with Crippen LogP contribution in [-0.4, -0.2) is 40.1 Å². The van der Waals surface area contributed by atoms with Crippen LogP contribution in [0.4, 0.5) is 5.82 Å². The molecule has 0 fully saturated rings. The van der Waals surface area contributed by atoms with Crippen LogP contribution in [0.25, 0.3) is 0 Å². The van der Waals surface area contributed by atoms with Gasteiger partial charge in [-0.25, -0.2) is 9.97 Å². The van der Waals surface area contributed by atoms with Crippen molar-refractivity contribution >= 4 is 23.1 Å². The van der Waals surface area contributed by atoms with E-state index in [1.807, 2.05) is 56.3 Å². The molecule has 0 aliphatic rings. The highest BCUT2D eigenvalue weighted by atomic mass is 35.5. The lowest BCUT2D eigenvalue weighted by Gasteiger charge is -2.13. The Bertz CT molecular complexity index is 750. The van der Waals surface area contributed by atoms with E-state index in [2.05, 4.69) is 20.4 Å². The van der Waals surface area contributed by atoms with Gasteiger partial charge in [0.25, 0.3) is 0 Å². The zero-order valence-corrected chi connectivity index (χ0v) is 15.6. The minimum Gasteiger partial charge on any atom is -0.411 e. The predicted octanol–water partition coefficient (Wildman–Crippen LogP) is 3.94. The van der Waals surface area contributed by atoms with E-state index in [0.717, 1.165) is 17.7 Å². The fraction of sp³-hybridized carbons (Fsp3) is 0.316. The van der Waals surface area contributed by atoms with Crippen molar-refractivity contribution in [2.45, 2.75) is 26.3 Å². The molecule has 138 valence electrons. The van der Waals surface area contributed by atoms with E-state index in [1.54, 1.807) is 0 Å². The van der Waals surface area contributed by atoms with Gasteiger partial charge >= 0.3 is 0 Å². The number of halogens is 1. The van der Waals surface area contributed by atoms with Gasteiger partial charge in [0.2, 0.25) is 0 Å². The van der Waals surface area contributed by atoms with E-state index in [4.69, 9.17) is 21.5 Å². The summed E-state index contributed by atoms with van der Waals surface area (Å²) in [6.07, 6.45) is 6.12. The van der Waals surface area contributed by atoms with Crippen LogP contribution in [0.2, 0.25) is 5.02 Å². The lowest BCUT2D eigenvalue weighted by Crippen LogP contribution is -2.15.